The molecule has 0 spiro atoms. The topological polar surface area (TPSA) is 105 Å². The first-order valence-electron chi connectivity index (χ1n) is 12.7. The van der Waals surface area contributed by atoms with E-state index in [2.05, 4.69) is 56.8 Å². The Morgan fingerprint density at radius 3 is 2.63 bits per heavy atom. The molecule has 0 bridgehead atoms. The van der Waals surface area contributed by atoms with E-state index in [-0.39, 0.29) is 18.0 Å². The molecule has 0 radical (unpaired) electrons. The lowest BCUT2D eigenvalue weighted by Gasteiger charge is -2.15. The number of anilines is 1. The van der Waals surface area contributed by atoms with Gasteiger partial charge >= 0.3 is 0 Å². The molecule has 0 aliphatic carbocycles. The molecule has 8 heteroatoms. The van der Waals surface area contributed by atoms with E-state index in [4.69, 9.17) is 0 Å². The molecule has 0 unspecified atom stereocenters. The van der Waals surface area contributed by atoms with Crippen molar-refractivity contribution in [1.29, 1.82) is 0 Å². The van der Waals surface area contributed by atoms with Gasteiger partial charge < -0.3 is 15.6 Å². The molecule has 3 aromatic heterocycles. The highest BCUT2D eigenvalue weighted by Crippen LogP contribution is 2.17. The van der Waals surface area contributed by atoms with Gasteiger partial charge in [-0.15, -0.1) is 0 Å². The molecule has 3 N–H and O–H groups in total. The van der Waals surface area contributed by atoms with Gasteiger partial charge in [-0.05, 0) is 37.5 Å². The van der Waals surface area contributed by atoms with Gasteiger partial charge in [-0.1, -0.05) is 60.2 Å². The number of hydrogen-bond acceptors (Lipinski definition) is 5. The van der Waals surface area contributed by atoms with Crippen LogP contribution >= 0.6 is 0 Å². The van der Waals surface area contributed by atoms with E-state index in [1.165, 1.54) is 15.7 Å². The minimum atomic E-state index is -0.278. The third-order valence-corrected chi connectivity index (χ3v) is 6.41. The van der Waals surface area contributed by atoms with Gasteiger partial charge in [0.25, 0.3) is 5.56 Å². The summed E-state index contributed by atoms with van der Waals surface area (Å²) in [4.78, 5) is 38.4. The molecule has 38 heavy (non-hydrogen) atoms. The summed E-state index contributed by atoms with van der Waals surface area (Å²) in [6, 6.07) is 21.7. The molecular formula is C30H30N6O2. The summed E-state index contributed by atoms with van der Waals surface area (Å²) >= 11 is 0. The fraction of sp³-hybridized carbons (Fsp3) is 0.200. The summed E-state index contributed by atoms with van der Waals surface area (Å²) in [6.45, 7) is 2.86. The number of hydrogen-bond donors (Lipinski definition) is 3. The minimum absolute atomic E-state index is 0.142. The van der Waals surface area contributed by atoms with Crippen LogP contribution in [0.25, 0.3) is 22.3 Å². The van der Waals surface area contributed by atoms with E-state index in [9.17, 15) is 9.59 Å². The number of carbonyl (C=O) groups excluding carboxylic acids is 1. The van der Waals surface area contributed by atoms with Crippen molar-refractivity contribution >= 4 is 22.5 Å². The average molecular weight is 507 g/mol. The van der Waals surface area contributed by atoms with Gasteiger partial charge in [0.1, 0.15) is 18.1 Å². The van der Waals surface area contributed by atoms with Crippen LogP contribution in [0.3, 0.4) is 0 Å². The van der Waals surface area contributed by atoms with Crippen LogP contribution in [0.1, 0.15) is 23.2 Å². The lowest BCUT2D eigenvalue weighted by Crippen LogP contribution is -2.34. The Balaban J connectivity index is 1.29. The molecule has 0 aliphatic heterocycles. The van der Waals surface area contributed by atoms with Crippen LogP contribution in [0, 0.1) is 6.92 Å². The minimum Gasteiger partial charge on any atom is -0.379 e. The van der Waals surface area contributed by atoms with Gasteiger partial charge in [-0.25, -0.2) is 4.98 Å². The fourth-order valence-corrected chi connectivity index (χ4v) is 4.37. The highest BCUT2D eigenvalue weighted by atomic mass is 16.2. The quantitative estimate of drug-likeness (QED) is 0.243. The Hall–Kier alpha value is -4.72. The maximum Gasteiger partial charge on any atom is 0.277 e. The van der Waals surface area contributed by atoms with Crippen LogP contribution in [0.15, 0.2) is 90.1 Å². The Morgan fingerprint density at radius 1 is 1.03 bits per heavy atom. The third-order valence-electron chi connectivity index (χ3n) is 6.41. The van der Waals surface area contributed by atoms with Crippen LogP contribution in [-0.4, -0.2) is 32.0 Å². The largest absolute Gasteiger partial charge is 0.379 e. The molecule has 5 rings (SSSR count). The number of fused-ring (bicyclic) bond motifs is 1. The number of amides is 1. The van der Waals surface area contributed by atoms with Gasteiger partial charge in [0, 0.05) is 41.1 Å². The number of rotatable bonds is 10. The number of benzene rings is 2. The smallest absolute Gasteiger partial charge is 0.277 e. The van der Waals surface area contributed by atoms with E-state index in [1.54, 1.807) is 18.6 Å². The first-order valence-corrected chi connectivity index (χ1v) is 12.7. The third kappa shape index (κ3) is 5.98. The predicted octanol–water partition coefficient (Wildman–Crippen LogP) is 4.46. The van der Waals surface area contributed by atoms with Crippen molar-refractivity contribution in [3.63, 3.8) is 0 Å². The zero-order valence-corrected chi connectivity index (χ0v) is 21.3. The van der Waals surface area contributed by atoms with Gasteiger partial charge in [-0.3, -0.25) is 19.1 Å². The second-order valence-electron chi connectivity index (χ2n) is 9.30. The highest BCUT2D eigenvalue weighted by Gasteiger charge is 2.15. The molecule has 0 atom stereocenters. The van der Waals surface area contributed by atoms with Crippen LogP contribution in [-0.2, 0) is 24.3 Å². The van der Waals surface area contributed by atoms with E-state index in [0.29, 0.717) is 24.6 Å². The van der Waals surface area contributed by atoms with E-state index >= 15 is 0 Å². The predicted molar refractivity (Wildman–Crippen MR) is 150 cm³/mol. The molecule has 0 aliphatic rings. The maximum atomic E-state index is 13.5. The second kappa shape index (κ2) is 11.6. The second-order valence-corrected chi connectivity index (χ2v) is 9.30. The zero-order chi connectivity index (χ0) is 26.3. The van der Waals surface area contributed by atoms with E-state index < -0.39 is 0 Å². The molecule has 1 amide bonds. The Labute approximate surface area is 220 Å². The molecule has 3 heterocycles. The van der Waals surface area contributed by atoms with Crippen molar-refractivity contribution < 1.29 is 4.79 Å². The Bertz CT molecular complexity index is 1560. The van der Waals surface area contributed by atoms with Crippen molar-refractivity contribution in [1.82, 2.24) is 24.8 Å². The number of carbonyl (C=O) groups is 1. The summed E-state index contributed by atoms with van der Waals surface area (Å²) < 4.78 is 1.43. The number of nitrogens with one attached hydrogen (secondary N) is 3. The Kier molecular flexibility index (Phi) is 7.59. The highest BCUT2D eigenvalue weighted by molar-refractivity contribution is 5.80. The molecule has 0 saturated carbocycles. The number of H-pyrrole nitrogens is 1. The summed E-state index contributed by atoms with van der Waals surface area (Å²) in [6.07, 6.45) is 6.82. The molecular weight excluding hydrogens is 476 g/mol. The first kappa shape index (κ1) is 25.0. The summed E-state index contributed by atoms with van der Waals surface area (Å²) in [5.74, 6) is 0.173. The van der Waals surface area contributed by atoms with Crippen molar-refractivity contribution in [3.8, 4) is 11.4 Å². The van der Waals surface area contributed by atoms with Crippen molar-refractivity contribution in [3.05, 3.63) is 112 Å². The number of aromatic amines is 1. The van der Waals surface area contributed by atoms with Crippen molar-refractivity contribution in [2.75, 3.05) is 11.9 Å². The molecule has 2 aromatic carbocycles. The standard InChI is InChI=1S/C30H30N6O2/c1-21-9-11-22(12-10-21)6-5-14-32-27-19-34-29(23-7-3-2-4-8-23)36(30(27)38)20-28(37)33-18-25-16-24-17-31-15-13-26(24)35-25/h2-4,7-13,15-17,19,32,35H,5-6,14,18,20H2,1H3,(H,33,37). The van der Waals surface area contributed by atoms with Crippen LogP contribution in [0.2, 0.25) is 0 Å². The van der Waals surface area contributed by atoms with Crippen LogP contribution in [0.5, 0.6) is 0 Å². The van der Waals surface area contributed by atoms with Crippen LogP contribution in [0.4, 0.5) is 5.69 Å². The molecule has 8 nitrogen and oxygen atoms in total. The Morgan fingerprint density at radius 2 is 1.84 bits per heavy atom. The fourth-order valence-electron chi connectivity index (χ4n) is 4.37. The number of pyridine rings is 1. The van der Waals surface area contributed by atoms with Gasteiger partial charge in [0.2, 0.25) is 5.91 Å². The number of aryl methyl sites for hydroxylation is 2. The molecule has 5 aromatic rings. The zero-order valence-electron chi connectivity index (χ0n) is 21.3. The molecule has 0 fully saturated rings. The maximum absolute atomic E-state index is 13.5. The number of nitrogens with zero attached hydrogens (tertiary/aromatic N) is 3. The molecule has 192 valence electrons. The lowest BCUT2D eigenvalue weighted by atomic mass is 10.1. The van der Waals surface area contributed by atoms with Crippen molar-refractivity contribution in [2.45, 2.75) is 32.9 Å². The summed E-state index contributed by atoms with van der Waals surface area (Å²) in [5, 5.41) is 7.11. The van der Waals surface area contributed by atoms with Crippen molar-refractivity contribution in [2.24, 2.45) is 0 Å². The van der Waals surface area contributed by atoms with Crippen LogP contribution < -0.4 is 16.2 Å². The monoisotopic (exact) mass is 506 g/mol. The van der Waals surface area contributed by atoms with Gasteiger partial charge in [-0.2, -0.15) is 0 Å². The summed E-state index contributed by atoms with van der Waals surface area (Å²) in [5.41, 5.74) is 5.18. The lowest BCUT2D eigenvalue weighted by molar-refractivity contribution is -0.121. The average Bonchev–Trinajstić information content (AvgIpc) is 3.36. The normalized spacial score (nSPS) is 11.0. The number of aromatic nitrogens is 4. The first-order chi connectivity index (χ1) is 18.6. The summed E-state index contributed by atoms with van der Waals surface area (Å²) in [7, 11) is 0. The molecule has 0 saturated heterocycles. The van der Waals surface area contributed by atoms with E-state index in [1.807, 2.05) is 42.5 Å². The SMILES string of the molecule is Cc1ccc(CCCNc2cnc(-c3ccccc3)n(CC(=O)NCc3cc4cnccc4[nH]3)c2=O)cc1. The van der Waals surface area contributed by atoms with Gasteiger partial charge in [0.15, 0.2) is 0 Å². The van der Waals surface area contributed by atoms with Gasteiger partial charge in [0.05, 0.1) is 12.7 Å². The van der Waals surface area contributed by atoms with E-state index in [0.717, 1.165) is 35.0 Å².